The molecule has 2 aliphatic rings. The third-order valence-electron chi connectivity index (χ3n) is 6.39. The Balaban J connectivity index is 1.45. The Bertz CT molecular complexity index is 1180. The Morgan fingerprint density at radius 2 is 2.03 bits per heavy atom. The predicted molar refractivity (Wildman–Crippen MR) is 126 cm³/mol. The number of aliphatic hydroxyl groups is 1. The van der Waals surface area contributed by atoms with Crippen molar-refractivity contribution in [3.63, 3.8) is 0 Å². The molecule has 11 heteroatoms. The largest absolute Gasteiger partial charge is 0.468 e. The molecular weight excluding hydrogens is 438 g/mol. The van der Waals surface area contributed by atoms with Gasteiger partial charge in [0.1, 0.15) is 17.3 Å². The molecule has 3 heterocycles. The summed E-state index contributed by atoms with van der Waals surface area (Å²) in [5.74, 6) is 0.725. The fraction of sp³-hybridized carbons (Fsp3) is 0.478. The molecule has 0 spiro atoms. The number of nitrogens with zero attached hydrogens (tertiary/aromatic N) is 4. The van der Waals surface area contributed by atoms with E-state index in [-0.39, 0.29) is 12.2 Å². The lowest BCUT2D eigenvalue weighted by Gasteiger charge is -2.32. The fourth-order valence-corrected chi connectivity index (χ4v) is 4.26. The number of rotatable bonds is 8. The molecule has 0 radical (unpaired) electrons. The van der Waals surface area contributed by atoms with Gasteiger partial charge in [-0.05, 0) is 56.4 Å². The Morgan fingerprint density at radius 3 is 2.71 bits per heavy atom. The molecule has 1 aromatic carbocycles. The zero-order chi connectivity index (χ0) is 23.7. The smallest absolute Gasteiger partial charge is 0.268 e. The van der Waals surface area contributed by atoms with E-state index in [9.17, 15) is 5.11 Å². The first-order valence-electron chi connectivity index (χ1n) is 11.4. The van der Waals surface area contributed by atoms with Gasteiger partial charge in [-0.2, -0.15) is 10.1 Å². The molecular formula is C23H29N7O4. The first kappa shape index (κ1) is 22.5. The molecule has 11 nitrogen and oxygen atoms in total. The number of anilines is 2. The molecule has 4 N–H and O–H groups in total. The van der Waals surface area contributed by atoms with Crippen LogP contribution in [0.3, 0.4) is 0 Å². The summed E-state index contributed by atoms with van der Waals surface area (Å²) in [5, 5.41) is 21.4. The van der Waals surface area contributed by atoms with E-state index in [0.717, 1.165) is 35.2 Å². The highest BCUT2D eigenvalue weighted by atomic mass is 16.7. The van der Waals surface area contributed by atoms with Gasteiger partial charge in [0, 0.05) is 18.8 Å². The first-order chi connectivity index (χ1) is 16.5. The molecule has 1 saturated carbocycles. The van der Waals surface area contributed by atoms with Crippen molar-refractivity contribution in [2.75, 3.05) is 31.1 Å². The maximum atomic E-state index is 10.2. The average molecular weight is 468 g/mol. The zero-order valence-electron chi connectivity index (χ0n) is 19.2. The second-order valence-corrected chi connectivity index (χ2v) is 9.05. The third-order valence-corrected chi connectivity index (χ3v) is 6.39. The summed E-state index contributed by atoms with van der Waals surface area (Å²) >= 11 is 0. The first-order valence-corrected chi connectivity index (χ1v) is 11.4. The normalized spacial score (nSPS) is 22.9. The number of aromatic nitrogens is 3. The van der Waals surface area contributed by atoms with E-state index >= 15 is 0 Å². The Hall–Kier alpha value is -3.28. The molecule has 3 aromatic rings. The van der Waals surface area contributed by atoms with Crippen LogP contribution in [0.1, 0.15) is 32.6 Å². The summed E-state index contributed by atoms with van der Waals surface area (Å²) in [5.41, 5.74) is 13.5. The summed E-state index contributed by atoms with van der Waals surface area (Å²) in [6.07, 6.45) is 4.65. The molecule has 34 heavy (non-hydrogen) atoms. The molecule has 2 aromatic heterocycles. The van der Waals surface area contributed by atoms with Crippen LogP contribution in [0.15, 0.2) is 35.6 Å². The van der Waals surface area contributed by atoms with E-state index in [1.807, 2.05) is 31.3 Å². The molecule has 1 aliphatic carbocycles. The maximum Gasteiger partial charge on any atom is 0.268 e. The van der Waals surface area contributed by atoms with E-state index in [0.29, 0.717) is 43.6 Å². The van der Waals surface area contributed by atoms with Crippen LogP contribution in [0, 0.1) is 5.53 Å². The quantitative estimate of drug-likeness (QED) is 0.289. The summed E-state index contributed by atoms with van der Waals surface area (Å²) in [7, 11) is 1.80. The Morgan fingerprint density at radius 1 is 1.24 bits per heavy atom. The summed E-state index contributed by atoms with van der Waals surface area (Å²) in [6.45, 7) is 2.88. The molecule has 0 bridgehead atoms. The van der Waals surface area contributed by atoms with Crippen molar-refractivity contribution < 1.29 is 19.4 Å². The lowest BCUT2D eigenvalue weighted by Crippen LogP contribution is -2.39. The van der Waals surface area contributed by atoms with Gasteiger partial charge in [-0.25, -0.2) is 15.5 Å². The minimum atomic E-state index is -0.622. The van der Waals surface area contributed by atoms with Crippen LogP contribution in [0.5, 0.6) is 5.88 Å². The lowest BCUT2D eigenvalue weighted by molar-refractivity contribution is -0.0809. The van der Waals surface area contributed by atoms with Crippen molar-refractivity contribution in [2.24, 2.45) is 5.11 Å². The van der Waals surface area contributed by atoms with Gasteiger partial charge in [-0.3, -0.25) is 4.84 Å². The van der Waals surface area contributed by atoms with Gasteiger partial charge in [0.2, 0.25) is 5.88 Å². The van der Waals surface area contributed by atoms with Gasteiger partial charge in [-0.1, -0.05) is 6.07 Å². The second-order valence-electron chi connectivity index (χ2n) is 9.05. The summed E-state index contributed by atoms with van der Waals surface area (Å²) in [4.78, 5) is 10.5. The van der Waals surface area contributed by atoms with E-state index in [4.69, 9.17) is 19.8 Å². The van der Waals surface area contributed by atoms with Crippen LogP contribution in [0.25, 0.3) is 16.6 Å². The SMILES string of the molecule is CNc1cc(-c2ccn3nc(NOC4CCC(C)(O)CC4)nc(OC4COC4)c23)ccc1N=N. The van der Waals surface area contributed by atoms with E-state index in [1.54, 1.807) is 17.6 Å². The number of nitrogens with one attached hydrogen (secondary N) is 3. The minimum absolute atomic E-state index is 0.0231. The molecule has 180 valence electrons. The topological polar surface area (TPSA) is 138 Å². The van der Waals surface area contributed by atoms with Gasteiger partial charge < -0.3 is 19.9 Å². The van der Waals surface area contributed by atoms with E-state index in [2.05, 4.69) is 26.0 Å². The maximum absolute atomic E-state index is 10.2. The number of fused-ring (bicyclic) bond motifs is 1. The van der Waals surface area contributed by atoms with Crippen LogP contribution in [-0.2, 0) is 9.57 Å². The van der Waals surface area contributed by atoms with Gasteiger partial charge >= 0.3 is 0 Å². The minimum Gasteiger partial charge on any atom is -0.468 e. The molecule has 0 unspecified atom stereocenters. The number of hydrogen-bond acceptors (Lipinski definition) is 10. The van der Waals surface area contributed by atoms with Crippen LogP contribution < -0.4 is 15.5 Å². The van der Waals surface area contributed by atoms with E-state index < -0.39 is 5.60 Å². The highest BCUT2D eigenvalue weighted by Gasteiger charge is 2.30. The molecule has 0 atom stereocenters. The molecule has 5 rings (SSSR count). The standard InChI is InChI=1S/C23H29N7O4/c1-23(31)8-5-15(6-9-23)34-29-22-26-21(33-16-12-32-13-16)20-17(7-10-30(20)28-22)14-3-4-18(27-24)19(11-14)25-2/h3-4,7,10-11,15-16,24-25,31H,5-6,8-9,12-13H2,1-2H3,(H,28,29). The lowest BCUT2D eigenvalue weighted by atomic mass is 9.85. The monoisotopic (exact) mass is 467 g/mol. The van der Waals surface area contributed by atoms with Crippen LogP contribution >= 0.6 is 0 Å². The molecule has 1 aliphatic heterocycles. The molecule has 1 saturated heterocycles. The van der Waals surface area contributed by atoms with Crippen LogP contribution in [0.2, 0.25) is 0 Å². The van der Waals surface area contributed by atoms with Crippen molar-refractivity contribution in [3.05, 3.63) is 30.5 Å². The summed E-state index contributed by atoms with van der Waals surface area (Å²) in [6, 6.07) is 7.59. The van der Waals surface area contributed by atoms with Crippen molar-refractivity contribution in [1.82, 2.24) is 14.6 Å². The fourth-order valence-electron chi connectivity index (χ4n) is 4.26. The number of benzene rings is 1. The summed E-state index contributed by atoms with van der Waals surface area (Å²) < 4.78 is 13.1. The van der Waals surface area contributed by atoms with Crippen molar-refractivity contribution in [1.29, 1.82) is 5.53 Å². The van der Waals surface area contributed by atoms with Gasteiger partial charge in [0.25, 0.3) is 5.95 Å². The second kappa shape index (κ2) is 9.16. The van der Waals surface area contributed by atoms with Crippen LogP contribution in [-0.4, -0.2) is 57.8 Å². The molecule has 2 fully saturated rings. The number of ether oxygens (including phenoxy) is 2. The van der Waals surface area contributed by atoms with Gasteiger partial charge in [0.05, 0.1) is 30.6 Å². The van der Waals surface area contributed by atoms with E-state index in [1.165, 1.54) is 0 Å². The highest BCUT2D eigenvalue weighted by Crippen LogP contribution is 2.36. The van der Waals surface area contributed by atoms with Crippen molar-refractivity contribution >= 4 is 22.8 Å². The average Bonchev–Trinajstić information content (AvgIpc) is 3.24. The highest BCUT2D eigenvalue weighted by molar-refractivity contribution is 5.87. The Kier molecular flexibility index (Phi) is 6.07. The third kappa shape index (κ3) is 4.54. The zero-order valence-corrected chi connectivity index (χ0v) is 19.2. The molecule has 0 amide bonds. The van der Waals surface area contributed by atoms with Crippen molar-refractivity contribution in [3.8, 4) is 17.0 Å². The number of hydrogen-bond donors (Lipinski definition) is 4. The van der Waals surface area contributed by atoms with Crippen molar-refractivity contribution in [2.45, 2.75) is 50.4 Å². The Labute approximate surface area is 196 Å². The predicted octanol–water partition coefficient (Wildman–Crippen LogP) is 3.92. The van der Waals surface area contributed by atoms with Gasteiger partial charge in [-0.15, -0.1) is 5.10 Å². The van der Waals surface area contributed by atoms with Gasteiger partial charge in [0.15, 0.2) is 0 Å². The van der Waals surface area contributed by atoms with Crippen LogP contribution in [0.4, 0.5) is 17.3 Å².